The molecule has 0 saturated heterocycles. The fourth-order valence-corrected chi connectivity index (χ4v) is 5.04. The maximum atomic E-state index is 12.4. The summed E-state index contributed by atoms with van der Waals surface area (Å²) in [6.45, 7) is 7.68. The molecule has 198 valence electrons. The molecule has 0 radical (unpaired) electrons. The zero-order valence-electron chi connectivity index (χ0n) is 22.0. The monoisotopic (exact) mass is 483 g/mol. The first-order valence-corrected chi connectivity index (χ1v) is 13.5. The van der Waals surface area contributed by atoms with E-state index in [2.05, 4.69) is 6.92 Å². The number of carbonyl (C=O) groups is 3. The molecule has 0 heterocycles. The van der Waals surface area contributed by atoms with Crippen LogP contribution in [0.2, 0.25) is 0 Å². The first kappa shape index (κ1) is 32.1. The molecule has 0 aromatic rings. The number of carbonyl (C=O) groups excluding carboxylic acids is 1. The molecule has 3 unspecified atom stereocenters. The molecule has 7 heteroatoms. The Morgan fingerprint density at radius 1 is 0.676 bits per heavy atom. The molecule has 0 rings (SSSR count). The highest BCUT2D eigenvalue weighted by atomic mass is 16.4. The van der Waals surface area contributed by atoms with Gasteiger partial charge in [0.2, 0.25) is 0 Å². The van der Waals surface area contributed by atoms with Gasteiger partial charge in [0.15, 0.2) is 12.1 Å². The summed E-state index contributed by atoms with van der Waals surface area (Å²) in [5.74, 6) is -3.71. The Bertz CT molecular complexity index is 558. The SMILES string of the molecule is CCCCCCCCCC/C=C/[N+](C(CCC)C(=O)[O-])(C(CCC)C(=O)O)C(CCC)C(=O)O. The number of hydrogen-bond acceptors (Lipinski definition) is 4. The largest absolute Gasteiger partial charge is 0.544 e. The molecule has 0 saturated carbocycles. The van der Waals surface area contributed by atoms with Gasteiger partial charge in [-0.25, -0.2) is 9.59 Å². The zero-order chi connectivity index (χ0) is 26.0. The molecule has 0 aromatic carbocycles. The average molecular weight is 484 g/mol. The van der Waals surface area contributed by atoms with Crippen LogP contribution < -0.4 is 5.11 Å². The van der Waals surface area contributed by atoms with Crippen molar-refractivity contribution >= 4 is 17.9 Å². The van der Waals surface area contributed by atoms with Crippen molar-refractivity contribution in [3.8, 4) is 0 Å². The van der Waals surface area contributed by atoms with Crippen LogP contribution in [0.4, 0.5) is 0 Å². The summed E-state index contributed by atoms with van der Waals surface area (Å²) < 4.78 is -0.612. The molecule has 7 nitrogen and oxygen atoms in total. The summed E-state index contributed by atoms with van der Waals surface area (Å²) in [5.41, 5.74) is 0. The number of rotatable bonds is 22. The Hall–Kier alpha value is -1.89. The standard InChI is InChI=1S/C27H49NO6/c1-5-9-10-11-12-13-14-15-16-17-21-28(22(18-6-2)25(29)30,23(19-7-3)26(31)32)24(20-8-4)27(33)34/h17,21-24H,5-16,18-20H2,1-4H3,(H2-,29,30,31,32,33,34)/b21-17+. The number of hydrogen-bond donors (Lipinski definition) is 2. The molecule has 34 heavy (non-hydrogen) atoms. The molecule has 0 aliphatic carbocycles. The minimum Gasteiger partial charge on any atom is -0.544 e. The molecular formula is C27H49NO6. The Balaban J connectivity index is 6.03. The molecule has 0 aliphatic heterocycles. The van der Waals surface area contributed by atoms with Crippen LogP contribution >= 0.6 is 0 Å². The Morgan fingerprint density at radius 2 is 1.09 bits per heavy atom. The lowest BCUT2D eigenvalue weighted by Crippen LogP contribution is -2.71. The second-order valence-corrected chi connectivity index (χ2v) is 9.45. The summed E-state index contributed by atoms with van der Waals surface area (Å²) in [6.07, 6.45) is 15.4. The van der Waals surface area contributed by atoms with Gasteiger partial charge in [-0.15, -0.1) is 0 Å². The van der Waals surface area contributed by atoms with Gasteiger partial charge < -0.3 is 20.1 Å². The Labute approximate surface area is 206 Å². The highest BCUT2D eigenvalue weighted by molar-refractivity contribution is 5.77. The number of quaternary nitrogens is 1. The third-order valence-corrected chi connectivity index (χ3v) is 6.74. The average Bonchev–Trinajstić information content (AvgIpc) is 2.78. The zero-order valence-corrected chi connectivity index (χ0v) is 22.0. The van der Waals surface area contributed by atoms with Crippen molar-refractivity contribution in [3.63, 3.8) is 0 Å². The van der Waals surface area contributed by atoms with E-state index in [1.165, 1.54) is 32.1 Å². The van der Waals surface area contributed by atoms with Crippen LogP contribution in [0, 0.1) is 0 Å². The highest BCUT2D eigenvalue weighted by Crippen LogP contribution is 2.34. The van der Waals surface area contributed by atoms with E-state index in [4.69, 9.17) is 0 Å². The lowest BCUT2D eigenvalue weighted by atomic mass is 9.93. The van der Waals surface area contributed by atoms with E-state index < -0.39 is 40.5 Å². The third-order valence-electron chi connectivity index (χ3n) is 6.74. The first-order valence-electron chi connectivity index (χ1n) is 13.5. The summed E-state index contributed by atoms with van der Waals surface area (Å²) in [4.78, 5) is 37.2. The molecule has 0 aliphatic rings. The van der Waals surface area contributed by atoms with Crippen LogP contribution in [0.3, 0.4) is 0 Å². The second kappa shape index (κ2) is 18.4. The Morgan fingerprint density at radius 3 is 1.47 bits per heavy atom. The van der Waals surface area contributed by atoms with Gasteiger partial charge in [0.1, 0.15) is 6.04 Å². The molecule has 0 spiro atoms. The van der Waals surface area contributed by atoms with E-state index >= 15 is 0 Å². The van der Waals surface area contributed by atoms with Crippen molar-refractivity contribution in [2.24, 2.45) is 0 Å². The number of unbranched alkanes of at least 4 members (excludes halogenated alkanes) is 8. The molecule has 0 amide bonds. The van der Waals surface area contributed by atoms with Gasteiger partial charge in [-0.05, 0) is 31.8 Å². The third kappa shape index (κ3) is 10.2. The van der Waals surface area contributed by atoms with Crippen LogP contribution in [0.5, 0.6) is 0 Å². The van der Waals surface area contributed by atoms with Crippen molar-refractivity contribution in [1.29, 1.82) is 0 Å². The number of allylic oxidation sites excluding steroid dienone is 1. The molecule has 2 N–H and O–H groups in total. The van der Waals surface area contributed by atoms with Gasteiger partial charge in [-0.1, -0.05) is 79.1 Å². The summed E-state index contributed by atoms with van der Waals surface area (Å²) in [6, 6.07) is -3.57. The molecule has 0 aromatic heterocycles. The number of carboxylic acids is 3. The minimum atomic E-state index is -1.39. The predicted molar refractivity (Wildman–Crippen MR) is 133 cm³/mol. The lowest BCUT2D eigenvalue weighted by molar-refractivity contribution is -0.930. The number of aliphatic carboxylic acids is 3. The van der Waals surface area contributed by atoms with E-state index in [0.29, 0.717) is 25.7 Å². The van der Waals surface area contributed by atoms with E-state index in [9.17, 15) is 29.7 Å². The Kier molecular flexibility index (Phi) is 17.4. The van der Waals surface area contributed by atoms with Crippen molar-refractivity contribution in [2.45, 2.75) is 142 Å². The van der Waals surface area contributed by atoms with Crippen LogP contribution in [-0.2, 0) is 14.4 Å². The normalized spacial score (nSPS) is 16.1. The van der Waals surface area contributed by atoms with E-state index in [-0.39, 0.29) is 19.3 Å². The summed E-state index contributed by atoms with van der Waals surface area (Å²) in [7, 11) is 0. The van der Waals surface area contributed by atoms with Gasteiger partial charge in [-0.3, -0.25) is 4.48 Å². The summed E-state index contributed by atoms with van der Waals surface area (Å²) >= 11 is 0. The predicted octanol–water partition coefficient (Wildman–Crippen LogP) is 5.27. The number of nitrogens with zero attached hydrogens (tertiary/aromatic N) is 1. The van der Waals surface area contributed by atoms with Crippen molar-refractivity contribution in [1.82, 2.24) is 0 Å². The van der Waals surface area contributed by atoms with Gasteiger partial charge >= 0.3 is 11.9 Å². The van der Waals surface area contributed by atoms with Crippen LogP contribution in [0.15, 0.2) is 12.3 Å². The molecule has 3 atom stereocenters. The second-order valence-electron chi connectivity index (χ2n) is 9.45. The van der Waals surface area contributed by atoms with Gasteiger partial charge in [0.25, 0.3) is 0 Å². The quantitative estimate of drug-likeness (QED) is 0.160. The minimum absolute atomic E-state index is 0.158. The topological polar surface area (TPSA) is 115 Å². The fraction of sp³-hybridized carbons (Fsp3) is 0.815. The van der Waals surface area contributed by atoms with Crippen molar-refractivity contribution < 1.29 is 34.2 Å². The van der Waals surface area contributed by atoms with E-state index in [1.807, 2.05) is 26.8 Å². The molecular weight excluding hydrogens is 434 g/mol. The fourth-order valence-electron chi connectivity index (χ4n) is 5.04. The molecule has 0 bridgehead atoms. The van der Waals surface area contributed by atoms with Crippen LogP contribution in [-0.4, -0.2) is 50.7 Å². The van der Waals surface area contributed by atoms with Crippen LogP contribution in [0.1, 0.15) is 124 Å². The van der Waals surface area contributed by atoms with Gasteiger partial charge in [0.05, 0.1) is 12.2 Å². The van der Waals surface area contributed by atoms with E-state index in [0.717, 1.165) is 19.3 Å². The van der Waals surface area contributed by atoms with Crippen LogP contribution in [0.25, 0.3) is 0 Å². The maximum absolute atomic E-state index is 12.4. The lowest BCUT2D eigenvalue weighted by Gasteiger charge is -2.49. The van der Waals surface area contributed by atoms with E-state index in [1.54, 1.807) is 6.20 Å². The van der Waals surface area contributed by atoms with Crippen molar-refractivity contribution in [3.05, 3.63) is 12.3 Å². The first-order chi connectivity index (χ1) is 16.2. The smallest absolute Gasteiger partial charge is 0.363 e. The van der Waals surface area contributed by atoms with Gasteiger partial charge in [-0.2, -0.15) is 0 Å². The number of carboxylic acid groups (broad SMARTS) is 3. The summed E-state index contributed by atoms with van der Waals surface area (Å²) in [5, 5.41) is 32.6. The highest BCUT2D eigenvalue weighted by Gasteiger charge is 2.54. The van der Waals surface area contributed by atoms with Crippen molar-refractivity contribution in [2.75, 3.05) is 0 Å². The maximum Gasteiger partial charge on any atom is 0.363 e. The van der Waals surface area contributed by atoms with Gasteiger partial charge in [0, 0.05) is 19.3 Å². The molecule has 0 fully saturated rings.